The minimum atomic E-state index is -0.450. The van der Waals surface area contributed by atoms with Crippen molar-refractivity contribution in [2.45, 2.75) is 6.92 Å². The average Bonchev–Trinajstić information content (AvgIpc) is 2.01. The average molecular weight is 388 g/mol. The summed E-state index contributed by atoms with van der Waals surface area (Å²) in [6, 6.07) is 3.48. The van der Waals surface area contributed by atoms with Crippen LogP contribution >= 0.6 is 47.8 Å². The number of benzene rings is 1. The maximum atomic E-state index is 11.0. The predicted molar refractivity (Wildman–Crippen MR) is 64.5 cm³/mol. The number of anilines is 1. The molecule has 0 aliphatic carbocycles. The fraction of sp³-hybridized carbons (Fsp3) is 0.125. The van der Waals surface area contributed by atoms with Crippen LogP contribution < -0.4 is 5.06 Å². The first-order valence-electron chi connectivity index (χ1n) is 3.57. The van der Waals surface area contributed by atoms with Crippen LogP contribution in [0.4, 0.5) is 5.69 Å². The van der Waals surface area contributed by atoms with Crippen LogP contribution in [0, 0.1) is 0 Å². The van der Waals surface area contributed by atoms with Crippen LogP contribution in [0.3, 0.4) is 0 Å². The van der Waals surface area contributed by atoms with E-state index in [9.17, 15) is 10.0 Å². The SMILES string of the molecule is CC(=O)N(O)c1c(Br)cc(Br)cc1Br. The van der Waals surface area contributed by atoms with Crippen LogP contribution in [-0.4, -0.2) is 11.1 Å². The van der Waals surface area contributed by atoms with E-state index in [-0.39, 0.29) is 0 Å². The topological polar surface area (TPSA) is 40.5 Å². The van der Waals surface area contributed by atoms with Gasteiger partial charge in [0.2, 0.25) is 5.91 Å². The second kappa shape index (κ2) is 4.74. The number of amides is 1. The molecule has 0 heterocycles. The van der Waals surface area contributed by atoms with Gasteiger partial charge in [0.1, 0.15) is 5.69 Å². The van der Waals surface area contributed by atoms with Crippen molar-refractivity contribution in [3.63, 3.8) is 0 Å². The third-order valence-corrected chi connectivity index (χ3v) is 3.16. The summed E-state index contributed by atoms with van der Waals surface area (Å²) in [5.41, 5.74) is 0.390. The fourth-order valence-corrected chi connectivity index (χ4v) is 3.49. The minimum Gasteiger partial charge on any atom is -0.281 e. The number of nitrogens with zero attached hydrogens (tertiary/aromatic N) is 1. The van der Waals surface area contributed by atoms with Crippen LogP contribution in [0.5, 0.6) is 0 Å². The summed E-state index contributed by atoms with van der Waals surface area (Å²) < 4.78 is 2.09. The second-order valence-corrected chi connectivity index (χ2v) is 5.17. The van der Waals surface area contributed by atoms with Crippen molar-refractivity contribution in [1.82, 2.24) is 0 Å². The molecule has 14 heavy (non-hydrogen) atoms. The molecule has 0 radical (unpaired) electrons. The van der Waals surface area contributed by atoms with Crippen LogP contribution in [0.1, 0.15) is 6.92 Å². The molecule has 76 valence electrons. The molecular formula is C8H6Br3NO2. The molecule has 0 atom stereocenters. The van der Waals surface area contributed by atoms with Crippen LogP contribution in [0.25, 0.3) is 0 Å². The van der Waals surface area contributed by atoms with Crippen LogP contribution in [0.2, 0.25) is 0 Å². The van der Waals surface area contributed by atoms with Crippen molar-refractivity contribution < 1.29 is 10.0 Å². The van der Waals surface area contributed by atoms with Gasteiger partial charge in [-0.2, -0.15) is 5.06 Å². The number of halogens is 3. The van der Waals surface area contributed by atoms with Gasteiger partial charge < -0.3 is 0 Å². The predicted octanol–water partition coefficient (Wildman–Crippen LogP) is 3.72. The molecule has 1 aromatic rings. The first-order chi connectivity index (χ1) is 6.43. The zero-order valence-electron chi connectivity index (χ0n) is 7.09. The summed E-state index contributed by atoms with van der Waals surface area (Å²) in [4.78, 5) is 11.0. The van der Waals surface area contributed by atoms with Crippen molar-refractivity contribution in [2.75, 3.05) is 5.06 Å². The largest absolute Gasteiger partial charge is 0.281 e. The number of hydrogen-bond donors (Lipinski definition) is 1. The molecule has 0 unspecified atom stereocenters. The maximum absolute atomic E-state index is 11.0. The number of carbonyl (C=O) groups excluding carboxylic acids is 1. The van der Waals surface area contributed by atoms with E-state index in [4.69, 9.17) is 0 Å². The molecule has 1 N–H and O–H groups in total. The second-order valence-electron chi connectivity index (χ2n) is 2.55. The van der Waals surface area contributed by atoms with E-state index in [1.165, 1.54) is 6.92 Å². The first kappa shape index (κ1) is 12.2. The molecule has 0 saturated heterocycles. The maximum Gasteiger partial charge on any atom is 0.247 e. The van der Waals surface area contributed by atoms with Gasteiger partial charge in [0.25, 0.3) is 0 Å². The molecule has 3 nitrogen and oxygen atoms in total. The number of hydroxylamine groups is 1. The van der Waals surface area contributed by atoms with E-state index in [1.54, 1.807) is 12.1 Å². The van der Waals surface area contributed by atoms with Gasteiger partial charge in [0, 0.05) is 20.3 Å². The minimum absolute atomic E-state index is 0.390. The highest BCUT2D eigenvalue weighted by molar-refractivity contribution is 9.11. The lowest BCUT2D eigenvalue weighted by Gasteiger charge is -2.16. The van der Waals surface area contributed by atoms with Gasteiger partial charge >= 0.3 is 0 Å². The van der Waals surface area contributed by atoms with Crippen molar-refractivity contribution in [3.8, 4) is 0 Å². The van der Waals surface area contributed by atoms with E-state index in [0.29, 0.717) is 19.7 Å². The molecule has 0 saturated carbocycles. The molecule has 0 aliphatic rings. The first-order valence-corrected chi connectivity index (χ1v) is 5.95. The van der Waals surface area contributed by atoms with Gasteiger partial charge in [-0.3, -0.25) is 10.0 Å². The van der Waals surface area contributed by atoms with Gasteiger partial charge in [-0.15, -0.1) is 0 Å². The van der Waals surface area contributed by atoms with E-state index in [2.05, 4.69) is 47.8 Å². The molecule has 6 heteroatoms. The fourth-order valence-electron chi connectivity index (χ4n) is 0.894. The molecule has 0 fully saturated rings. The van der Waals surface area contributed by atoms with Gasteiger partial charge in [-0.05, 0) is 44.0 Å². The summed E-state index contributed by atoms with van der Waals surface area (Å²) in [7, 11) is 0. The number of rotatable bonds is 1. The van der Waals surface area contributed by atoms with Crippen molar-refractivity contribution in [3.05, 3.63) is 25.6 Å². The number of hydrogen-bond acceptors (Lipinski definition) is 2. The Labute approximate surface area is 106 Å². The van der Waals surface area contributed by atoms with E-state index in [0.717, 1.165) is 4.47 Å². The third kappa shape index (κ3) is 2.56. The van der Waals surface area contributed by atoms with Gasteiger partial charge in [0.05, 0.1) is 0 Å². The molecule has 0 spiro atoms. The van der Waals surface area contributed by atoms with Crippen LogP contribution in [-0.2, 0) is 4.79 Å². The quantitative estimate of drug-likeness (QED) is 0.589. The van der Waals surface area contributed by atoms with E-state index < -0.39 is 5.91 Å². The lowest BCUT2D eigenvalue weighted by molar-refractivity contribution is -0.121. The summed E-state index contributed by atoms with van der Waals surface area (Å²) in [5.74, 6) is -0.450. The number of carbonyl (C=O) groups is 1. The molecule has 0 aliphatic heterocycles. The Hall–Kier alpha value is 0.0900. The highest BCUT2D eigenvalue weighted by atomic mass is 79.9. The Morgan fingerprint density at radius 2 is 1.71 bits per heavy atom. The molecular weight excluding hydrogens is 382 g/mol. The van der Waals surface area contributed by atoms with Crippen molar-refractivity contribution in [1.29, 1.82) is 0 Å². The van der Waals surface area contributed by atoms with E-state index >= 15 is 0 Å². The Bertz CT molecular complexity index is 358. The summed E-state index contributed by atoms with van der Waals surface area (Å²) in [6.45, 7) is 1.28. The molecule has 0 bridgehead atoms. The van der Waals surface area contributed by atoms with Crippen molar-refractivity contribution >= 4 is 59.4 Å². The van der Waals surface area contributed by atoms with E-state index in [1.807, 2.05) is 0 Å². The lowest BCUT2D eigenvalue weighted by atomic mass is 10.3. The Morgan fingerprint density at radius 1 is 1.29 bits per heavy atom. The summed E-state index contributed by atoms with van der Waals surface area (Å²) >= 11 is 9.79. The third-order valence-electron chi connectivity index (χ3n) is 1.49. The zero-order valence-corrected chi connectivity index (χ0v) is 11.8. The van der Waals surface area contributed by atoms with Crippen molar-refractivity contribution in [2.24, 2.45) is 0 Å². The Balaban J connectivity index is 3.27. The van der Waals surface area contributed by atoms with Gasteiger partial charge in [0.15, 0.2) is 0 Å². The molecule has 1 aromatic carbocycles. The highest BCUT2D eigenvalue weighted by Crippen LogP contribution is 2.36. The smallest absolute Gasteiger partial charge is 0.247 e. The molecule has 0 aromatic heterocycles. The highest BCUT2D eigenvalue weighted by Gasteiger charge is 2.16. The monoisotopic (exact) mass is 385 g/mol. The summed E-state index contributed by atoms with van der Waals surface area (Å²) in [6.07, 6.45) is 0. The lowest BCUT2D eigenvalue weighted by Crippen LogP contribution is -2.24. The standard InChI is InChI=1S/C8H6Br3NO2/c1-4(13)12(14)8-6(10)2-5(9)3-7(8)11/h2-3,14H,1H3. The summed E-state index contributed by atoms with van der Waals surface area (Å²) in [5, 5.41) is 10.0. The van der Waals surface area contributed by atoms with Gasteiger partial charge in [-0.1, -0.05) is 15.9 Å². The normalized spacial score (nSPS) is 10.1. The Kier molecular flexibility index (Phi) is 4.12. The molecule has 1 amide bonds. The van der Waals surface area contributed by atoms with Gasteiger partial charge in [-0.25, -0.2) is 0 Å². The molecule has 1 rings (SSSR count). The zero-order chi connectivity index (χ0) is 10.9. The Morgan fingerprint density at radius 3 is 2.07 bits per heavy atom. The van der Waals surface area contributed by atoms with Crippen LogP contribution in [0.15, 0.2) is 25.6 Å².